The van der Waals surface area contributed by atoms with E-state index in [0.717, 1.165) is 129 Å². The van der Waals surface area contributed by atoms with Crippen LogP contribution in [-0.2, 0) is 43.3 Å². The van der Waals surface area contributed by atoms with E-state index in [-0.39, 0.29) is 71.9 Å². The van der Waals surface area contributed by atoms with E-state index in [1.807, 2.05) is 96.1 Å². The fourth-order valence-corrected chi connectivity index (χ4v) is 16.2. The minimum absolute atomic E-state index is 0.0338. The topological polar surface area (TPSA) is 521 Å². The monoisotopic (exact) mass is 2030 g/mol. The number of hydrogen-bond donors (Lipinski definition) is 8. The van der Waals surface area contributed by atoms with Crippen LogP contribution in [-0.4, -0.2) is 168 Å². The molecule has 148 heavy (non-hydrogen) atoms. The second kappa shape index (κ2) is 49.2. The van der Waals surface area contributed by atoms with Crippen LogP contribution in [0.5, 0.6) is 63.2 Å². The second-order valence-corrected chi connectivity index (χ2v) is 33.4. The number of nitrogens with one attached hydrogen (secondary N) is 3. The number of aromatic carboxylic acids is 1. The van der Waals surface area contributed by atoms with Crippen LogP contribution < -0.4 is 45.4 Å². The van der Waals surface area contributed by atoms with Crippen LogP contribution in [0.2, 0.25) is 0 Å². The molecule has 39 nitrogen and oxygen atoms in total. The molecule has 2 aliphatic rings. The molecule has 772 valence electrons. The SMILES string of the molecule is COC(=O)c1cc(C)c(O)c(C)c1.COC(=O)c1cc(C)c(Oc2cccc(F)c2[N+](=O)[O-])c(C)c1.COC(=O)c1cc(C)c(Oc2cccc(NCCO)c2[N+](=O)[O-])c(C)c1.COC(=O)c1cc(C)c(Oc2cccc3c2nc(N)n3CCO)c(C)c1.COC(=O)c1cc(C)c(Oc2cccc3c2nc2n3CCN2)c(C)c1.Cc1cc(C(=O)O)cc(C)c1Oc1cccc2c1nc1n2CCN1.O=[N+]([O-])c1c(F)cccc1F. The Morgan fingerprint density at radius 1 is 0.385 bits per heavy atom. The van der Waals surface area contributed by atoms with Gasteiger partial charge in [0.05, 0.1) is 113 Å². The van der Waals surface area contributed by atoms with Gasteiger partial charge in [-0.25, -0.2) is 43.7 Å². The first-order valence-corrected chi connectivity index (χ1v) is 45.4. The van der Waals surface area contributed by atoms with Crippen molar-refractivity contribution in [1.82, 2.24) is 28.7 Å². The molecule has 0 aliphatic carbocycles. The number of aliphatic hydroxyl groups is 2. The van der Waals surface area contributed by atoms with Gasteiger partial charge in [-0.3, -0.25) is 30.3 Å². The summed E-state index contributed by atoms with van der Waals surface area (Å²) >= 11 is 0. The summed E-state index contributed by atoms with van der Waals surface area (Å²) in [5, 5.41) is 78.6. The highest BCUT2D eigenvalue weighted by Gasteiger charge is 2.30. The number of nitro benzene ring substituents is 3. The van der Waals surface area contributed by atoms with Crippen molar-refractivity contribution in [3.63, 3.8) is 0 Å². The number of fused-ring (bicyclic) bond motifs is 7. The molecule has 0 spiro atoms. The number of nitrogens with two attached hydrogens (primary N) is 1. The average molecular weight is 2040 g/mol. The maximum atomic E-state index is 13.6. The van der Waals surface area contributed by atoms with E-state index in [2.05, 4.69) is 49.5 Å². The van der Waals surface area contributed by atoms with Crippen molar-refractivity contribution in [2.24, 2.45) is 0 Å². The Labute approximate surface area is 844 Å². The van der Waals surface area contributed by atoms with E-state index in [9.17, 15) is 82.5 Å². The number of nitrogens with zero attached hydrogens (tertiary/aromatic N) is 9. The van der Waals surface area contributed by atoms with E-state index >= 15 is 0 Å². The Hall–Kier alpha value is -18.2. The quantitative estimate of drug-likeness (QED) is 0.0121. The van der Waals surface area contributed by atoms with Crippen molar-refractivity contribution < 1.29 is 125 Å². The van der Waals surface area contributed by atoms with Crippen LogP contribution in [0, 0.1) is 131 Å². The summed E-state index contributed by atoms with van der Waals surface area (Å²) in [6, 6.07) is 48.1. The van der Waals surface area contributed by atoms with Gasteiger partial charge >= 0.3 is 52.9 Å². The third kappa shape index (κ3) is 25.7. The number of phenolic OH excluding ortho intramolecular Hbond substituents is 1. The van der Waals surface area contributed by atoms with Crippen molar-refractivity contribution in [2.45, 2.75) is 103 Å². The minimum Gasteiger partial charge on any atom is -0.507 e. The lowest BCUT2D eigenvalue weighted by molar-refractivity contribution is -0.390. The van der Waals surface area contributed by atoms with Gasteiger partial charge < -0.3 is 103 Å². The lowest BCUT2D eigenvalue weighted by Crippen LogP contribution is -2.08. The number of rotatable bonds is 24. The van der Waals surface area contributed by atoms with Gasteiger partial charge in [-0.1, -0.05) is 36.4 Å². The molecule has 0 radical (unpaired) electrons. The molecule has 3 aromatic heterocycles. The number of halogens is 3. The first kappa shape index (κ1) is 110. The lowest BCUT2D eigenvalue weighted by atomic mass is 10.1. The van der Waals surface area contributed by atoms with E-state index in [4.69, 9.17) is 53.8 Å². The number of benzene rings is 12. The molecule has 42 heteroatoms. The zero-order valence-electron chi connectivity index (χ0n) is 83.5. The van der Waals surface area contributed by atoms with E-state index in [1.54, 1.807) is 131 Å². The average Bonchev–Trinajstić information content (AvgIpc) is 1.63. The van der Waals surface area contributed by atoms with Crippen LogP contribution in [0.3, 0.4) is 0 Å². The molecule has 2 aliphatic heterocycles. The molecule has 17 rings (SSSR count). The largest absolute Gasteiger partial charge is 0.507 e. The number of aliphatic hydroxyl groups excluding tert-OH is 2. The number of carboxylic acid groups (broad SMARTS) is 1. The number of carbonyl (C=O) groups excluding carboxylic acids is 5. The highest BCUT2D eigenvalue weighted by atomic mass is 19.1. The standard InChI is InChI=1S/C19H21N3O4.C19H19N3O3.C18H17N3O3.C18H20N2O6.C16H14FNO5.C10H12O3.C6H3F2NO2/c1-11-9-13(18(24)25-3)10-12(2)17(11)26-15-6-4-5-14-16(15)21-19(20)22(14)7-8-23;1-11-9-13(18(23)24-3)10-12(2)17(11)25-15-6-4-5-14-16(15)21-19-20-7-8-22(14)19;1-10-8-12(17(22)23)9-11(2)16(10)24-14-5-3-4-13-15(14)20-18-19-6-7-21(13)18;1-11-9-13(18(22)25-3)10-12(2)17(11)26-15-6-4-5-14(19-7-8-21)16(15)20(23)24;1-9-7-11(16(19)22-3)8-10(2)15(9)23-13-6-4-5-12(17)14(13)18(20)21;1-6-4-8(10(12)13-3)5-7(2)9(6)11;7-4-2-1-3-5(8)6(4)9(10)11/h4-6,9-10,23H,7-8H2,1-3H3,(H2,20,21);4-6,9-10H,7-8H2,1-3H3,(H,20,21);3-5,8-9H,6-7H2,1-2H3,(H,19,20)(H,22,23);4-6,9-10,19,21H,7-8H2,1-3H3;4-8H,1-3H3;4-5,11H,1-3H3;1-3H. The van der Waals surface area contributed by atoms with Crippen LogP contribution in [0.25, 0.3) is 33.1 Å². The van der Waals surface area contributed by atoms with Crippen LogP contribution >= 0.6 is 0 Å². The van der Waals surface area contributed by atoms with Gasteiger partial charge in [0, 0.05) is 39.3 Å². The Kier molecular flexibility index (Phi) is 36.6. The molecule has 0 atom stereocenters. The number of nitro groups is 3. The number of para-hydroxylation sites is 6. The van der Waals surface area contributed by atoms with Crippen molar-refractivity contribution in [3.8, 4) is 63.2 Å². The predicted molar refractivity (Wildman–Crippen MR) is 544 cm³/mol. The van der Waals surface area contributed by atoms with Gasteiger partial charge in [-0.05, 0) is 295 Å². The molecule has 0 saturated carbocycles. The third-order valence-electron chi connectivity index (χ3n) is 22.9. The molecule has 0 fully saturated rings. The number of methoxy groups -OCH3 is 5. The number of hydrogen-bond acceptors (Lipinski definition) is 32. The van der Waals surface area contributed by atoms with E-state index in [0.29, 0.717) is 119 Å². The maximum Gasteiger partial charge on any atom is 0.346 e. The lowest BCUT2D eigenvalue weighted by Gasteiger charge is -2.15. The zero-order valence-corrected chi connectivity index (χ0v) is 83.5. The number of carbonyl (C=O) groups is 6. The van der Waals surface area contributed by atoms with Crippen molar-refractivity contribution in [3.05, 3.63) is 330 Å². The van der Waals surface area contributed by atoms with Crippen LogP contribution in [0.1, 0.15) is 129 Å². The summed E-state index contributed by atoms with van der Waals surface area (Å²) < 4.78 is 97.8. The van der Waals surface area contributed by atoms with Gasteiger partial charge in [0.2, 0.25) is 46.8 Å². The summed E-state index contributed by atoms with van der Waals surface area (Å²) in [5.74, 6) is 0.579. The number of aryl methyl sites for hydroxylation is 12. The molecule has 0 saturated heterocycles. The van der Waals surface area contributed by atoms with E-state index in [1.165, 1.54) is 53.7 Å². The first-order chi connectivity index (χ1) is 70.5. The summed E-state index contributed by atoms with van der Waals surface area (Å²) in [5.41, 5.74) is 20.5. The molecule has 9 N–H and O–H groups in total. The van der Waals surface area contributed by atoms with Gasteiger partial charge in [-0.15, -0.1) is 0 Å². The Morgan fingerprint density at radius 3 is 0.973 bits per heavy atom. The third-order valence-corrected chi connectivity index (χ3v) is 22.9. The van der Waals surface area contributed by atoms with Gasteiger partial charge in [-0.2, -0.15) is 13.2 Å². The van der Waals surface area contributed by atoms with Gasteiger partial charge in [0.25, 0.3) is 0 Å². The number of nitrogen functional groups attached to an aromatic ring is 1. The molecule has 12 aromatic carbocycles. The number of esters is 5. The molecule has 15 aromatic rings. The molecule has 0 amide bonds. The number of imidazole rings is 3. The predicted octanol–water partition coefficient (Wildman–Crippen LogP) is 20.8. The van der Waals surface area contributed by atoms with Gasteiger partial charge in [0.1, 0.15) is 56.7 Å². The Bertz CT molecular complexity index is 7470. The normalized spacial score (nSPS) is 11.1. The molecule has 5 heterocycles. The fourth-order valence-electron chi connectivity index (χ4n) is 16.2. The van der Waals surface area contributed by atoms with Crippen molar-refractivity contribution in [2.75, 3.05) is 90.1 Å². The number of aromatic nitrogens is 6. The number of carboxylic acids is 1. The Morgan fingerprint density at radius 2 is 0.662 bits per heavy atom. The number of phenols is 1. The van der Waals surface area contributed by atoms with Crippen molar-refractivity contribution >= 4 is 110 Å². The molecule has 0 unspecified atom stereocenters. The summed E-state index contributed by atoms with van der Waals surface area (Å²) in [4.78, 5) is 113. The molecule has 0 bridgehead atoms. The Balaban J connectivity index is 0.000000167. The minimum atomic E-state index is -1.16. The number of aromatic hydroxyl groups is 1. The maximum absolute atomic E-state index is 13.6. The van der Waals surface area contributed by atoms with Crippen LogP contribution in [0.4, 0.5) is 53.8 Å². The van der Waals surface area contributed by atoms with Crippen LogP contribution in [0.15, 0.2) is 182 Å². The zero-order chi connectivity index (χ0) is 108. The molecular weight excluding hydrogens is 1930 g/mol. The second-order valence-electron chi connectivity index (χ2n) is 33.4. The smallest absolute Gasteiger partial charge is 0.346 e. The fraction of sp³-hybridized carbons (Fsp3) is 0.236. The number of ether oxygens (including phenoxy) is 10. The number of anilines is 4. The molecular formula is C106H106F3N13O26. The highest BCUT2D eigenvalue weighted by Crippen LogP contribution is 2.44. The highest BCUT2D eigenvalue weighted by molar-refractivity contribution is 5.95. The van der Waals surface area contributed by atoms with Crippen molar-refractivity contribution in [1.29, 1.82) is 0 Å². The summed E-state index contributed by atoms with van der Waals surface area (Å²) in [6.45, 7) is 25.5. The van der Waals surface area contributed by atoms with E-state index < -0.39 is 61.5 Å². The van der Waals surface area contributed by atoms with Gasteiger partial charge in [0.15, 0.2) is 17.2 Å². The summed E-state index contributed by atoms with van der Waals surface area (Å²) in [6.07, 6.45) is 0. The summed E-state index contributed by atoms with van der Waals surface area (Å²) in [7, 11) is 6.63. The first-order valence-electron chi connectivity index (χ1n) is 45.4.